The number of esters is 1. The van der Waals surface area contributed by atoms with Crippen molar-refractivity contribution in [2.75, 3.05) is 19.0 Å². The molecule has 1 aromatic carbocycles. The van der Waals surface area contributed by atoms with Crippen LogP contribution in [0.4, 0.5) is 0 Å². The molecule has 0 aliphatic heterocycles. The highest BCUT2D eigenvalue weighted by molar-refractivity contribution is 9.09. The van der Waals surface area contributed by atoms with Crippen LogP contribution >= 0.6 is 39.1 Å². The number of unbranched alkanes of at least 4 members (excludes halogenated alkanes) is 5. The van der Waals surface area contributed by atoms with E-state index in [2.05, 4.69) is 15.9 Å². The molecule has 0 spiro atoms. The minimum atomic E-state index is -0.497. The predicted octanol–water partition coefficient (Wildman–Crippen LogP) is 5.89. The number of halogens is 3. The molecule has 0 amide bonds. The normalized spacial score (nSPS) is 10.5. The zero-order valence-electron chi connectivity index (χ0n) is 12.7. The highest BCUT2D eigenvalue weighted by Gasteiger charge is 2.20. The van der Waals surface area contributed by atoms with Gasteiger partial charge in [0.2, 0.25) is 0 Å². The van der Waals surface area contributed by atoms with E-state index in [1.807, 2.05) is 0 Å². The van der Waals surface area contributed by atoms with Crippen LogP contribution in [0, 0.1) is 0 Å². The summed E-state index contributed by atoms with van der Waals surface area (Å²) in [6, 6.07) is 3.15. The summed E-state index contributed by atoms with van der Waals surface area (Å²) in [5.41, 5.74) is 0.189. The quantitative estimate of drug-likeness (QED) is 0.273. The number of hydrogen-bond donors (Lipinski definition) is 0. The molecule has 124 valence electrons. The fraction of sp³-hybridized carbons (Fsp3) is 0.562. The molecule has 0 N–H and O–H groups in total. The van der Waals surface area contributed by atoms with Crippen LogP contribution in [0.1, 0.15) is 48.9 Å². The summed E-state index contributed by atoms with van der Waals surface area (Å²) in [5, 5.41) is 1.68. The molecule has 0 heterocycles. The summed E-state index contributed by atoms with van der Waals surface area (Å²) in [6.45, 7) is 0.378. The van der Waals surface area contributed by atoms with Crippen molar-refractivity contribution in [3.05, 3.63) is 27.7 Å². The molecule has 3 nitrogen and oxygen atoms in total. The van der Waals surface area contributed by atoms with Gasteiger partial charge in [-0.3, -0.25) is 0 Å². The van der Waals surface area contributed by atoms with Crippen LogP contribution in [0.15, 0.2) is 12.1 Å². The van der Waals surface area contributed by atoms with Crippen molar-refractivity contribution < 1.29 is 14.3 Å². The Morgan fingerprint density at radius 1 is 1.05 bits per heavy atom. The zero-order chi connectivity index (χ0) is 16.4. The van der Waals surface area contributed by atoms with E-state index in [4.69, 9.17) is 32.7 Å². The van der Waals surface area contributed by atoms with E-state index in [-0.39, 0.29) is 16.3 Å². The lowest BCUT2D eigenvalue weighted by Gasteiger charge is -2.11. The Bertz CT molecular complexity index is 481. The third-order valence-electron chi connectivity index (χ3n) is 3.23. The van der Waals surface area contributed by atoms with Crippen LogP contribution < -0.4 is 4.74 Å². The van der Waals surface area contributed by atoms with Gasteiger partial charge in [0.1, 0.15) is 5.56 Å². The number of rotatable bonds is 10. The second kappa shape index (κ2) is 11.1. The van der Waals surface area contributed by atoms with Gasteiger partial charge in [-0.15, -0.1) is 0 Å². The Hall–Kier alpha value is -0.450. The molecule has 1 aromatic rings. The Labute approximate surface area is 150 Å². The van der Waals surface area contributed by atoms with Gasteiger partial charge in [0, 0.05) is 5.33 Å². The first-order valence-corrected chi connectivity index (χ1v) is 9.24. The average molecular weight is 412 g/mol. The summed E-state index contributed by atoms with van der Waals surface area (Å²) in [4.78, 5) is 12.1. The molecule has 6 heteroatoms. The highest BCUT2D eigenvalue weighted by Crippen LogP contribution is 2.34. The van der Waals surface area contributed by atoms with Gasteiger partial charge in [0.15, 0.2) is 5.75 Å². The first-order valence-electron chi connectivity index (χ1n) is 7.37. The minimum absolute atomic E-state index is 0.189. The molecule has 0 atom stereocenters. The molecule has 0 aliphatic carbocycles. The molecule has 0 radical (unpaired) electrons. The number of carbonyl (C=O) groups is 1. The first kappa shape index (κ1) is 19.6. The molecule has 1 rings (SSSR count). The third kappa shape index (κ3) is 6.35. The smallest absolute Gasteiger partial charge is 0.343 e. The molecule has 0 saturated carbocycles. The lowest BCUT2D eigenvalue weighted by atomic mass is 10.1. The van der Waals surface area contributed by atoms with Crippen LogP contribution in [-0.2, 0) is 4.74 Å². The Morgan fingerprint density at radius 3 is 2.27 bits per heavy atom. The number of benzene rings is 1. The standard InChI is InChI=1S/C16H21BrCl2O3/c1-21-15-13(19)9-8-12(18)14(15)16(20)22-11-7-5-3-2-4-6-10-17/h8-9H,2-7,10-11H2,1H3. The van der Waals surface area contributed by atoms with E-state index in [0.29, 0.717) is 11.6 Å². The fourth-order valence-electron chi connectivity index (χ4n) is 2.06. The molecule has 0 aromatic heterocycles. The summed E-state index contributed by atoms with van der Waals surface area (Å²) in [6.07, 6.45) is 6.72. The van der Waals surface area contributed by atoms with Gasteiger partial charge in [0.25, 0.3) is 0 Å². The van der Waals surface area contributed by atoms with E-state index in [1.54, 1.807) is 12.1 Å². The monoisotopic (exact) mass is 410 g/mol. The van der Waals surface area contributed by atoms with Crippen molar-refractivity contribution in [1.29, 1.82) is 0 Å². The Morgan fingerprint density at radius 2 is 1.64 bits per heavy atom. The largest absolute Gasteiger partial charge is 0.494 e. The molecule has 22 heavy (non-hydrogen) atoms. The maximum Gasteiger partial charge on any atom is 0.343 e. The molecule has 0 bridgehead atoms. The summed E-state index contributed by atoms with van der Waals surface area (Å²) in [5.74, 6) is -0.238. The predicted molar refractivity (Wildman–Crippen MR) is 94.8 cm³/mol. The van der Waals surface area contributed by atoms with Gasteiger partial charge < -0.3 is 9.47 Å². The topological polar surface area (TPSA) is 35.5 Å². The van der Waals surface area contributed by atoms with Crippen molar-refractivity contribution in [3.63, 3.8) is 0 Å². The fourth-order valence-corrected chi connectivity index (χ4v) is 2.92. The van der Waals surface area contributed by atoms with Crippen LogP contribution in [0.3, 0.4) is 0 Å². The lowest BCUT2D eigenvalue weighted by molar-refractivity contribution is 0.0494. The van der Waals surface area contributed by atoms with Gasteiger partial charge >= 0.3 is 5.97 Å². The second-order valence-electron chi connectivity index (χ2n) is 4.88. The molecule has 0 aliphatic rings. The van der Waals surface area contributed by atoms with Crippen LogP contribution in [0.5, 0.6) is 5.75 Å². The van der Waals surface area contributed by atoms with Gasteiger partial charge in [-0.05, 0) is 25.0 Å². The van der Waals surface area contributed by atoms with Crippen LogP contribution in [-0.4, -0.2) is 25.0 Å². The van der Waals surface area contributed by atoms with Gasteiger partial charge in [-0.2, -0.15) is 0 Å². The Balaban J connectivity index is 2.39. The Kier molecular flexibility index (Phi) is 9.92. The van der Waals surface area contributed by atoms with E-state index < -0.39 is 5.97 Å². The van der Waals surface area contributed by atoms with E-state index in [0.717, 1.165) is 24.6 Å². The maximum absolute atomic E-state index is 12.1. The van der Waals surface area contributed by atoms with E-state index in [9.17, 15) is 4.79 Å². The highest BCUT2D eigenvalue weighted by atomic mass is 79.9. The van der Waals surface area contributed by atoms with Gasteiger partial charge in [-0.25, -0.2) is 4.79 Å². The summed E-state index contributed by atoms with van der Waals surface area (Å²) in [7, 11) is 1.45. The second-order valence-corrected chi connectivity index (χ2v) is 6.49. The number of alkyl halides is 1. The van der Waals surface area contributed by atoms with Gasteiger partial charge in [0.05, 0.1) is 23.8 Å². The van der Waals surface area contributed by atoms with Crippen molar-refractivity contribution in [3.8, 4) is 5.75 Å². The molecular formula is C16H21BrCl2O3. The molecule has 0 unspecified atom stereocenters. The van der Waals surface area contributed by atoms with Crippen molar-refractivity contribution in [2.24, 2.45) is 0 Å². The first-order chi connectivity index (χ1) is 10.6. The number of ether oxygens (including phenoxy) is 2. The van der Waals surface area contributed by atoms with Crippen LogP contribution in [0.2, 0.25) is 10.0 Å². The number of carbonyl (C=O) groups excluding carboxylic acids is 1. The maximum atomic E-state index is 12.1. The number of hydrogen-bond acceptors (Lipinski definition) is 3. The van der Waals surface area contributed by atoms with Crippen molar-refractivity contribution >= 4 is 45.1 Å². The lowest BCUT2D eigenvalue weighted by Crippen LogP contribution is -2.09. The average Bonchev–Trinajstić information content (AvgIpc) is 2.51. The van der Waals surface area contributed by atoms with E-state index >= 15 is 0 Å². The SMILES string of the molecule is COc1c(Cl)ccc(Cl)c1C(=O)OCCCCCCCCBr. The molecule has 0 saturated heterocycles. The van der Waals surface area contributed by atoms with Crippen LogP contribution in [0.25, 0.3) is 0 Å². The minimum Gasteiger partial charge on any atom is -0.494 e. The zero-order valence-corrected chi connectivity index (χ0v) is 15.8. The summed E-state index contributed by atoms with van der Waals surface area (Å²) >= 11 is 15.5. The molecular weight excluding hydrogens is 391 g/mol. The number of methoxy groups -OCH3 is 1. The molecule has 0 fully saturated rings. The van der Waals surface area contributed by atoms with Crippen molar-refractivity contribution in [1.82, 2.24) is 0 Å². The third-order valence-corrected chi connectivity index (χ3v) is 4.40. The van der Waals surface area contributed by atoms with Crippen molar-refractivity contribution in [2.45, 2.75) is 38.5 Å². The van der Waals surface area contributed by atoms with Gasteiger partial charge in [-0.1, -0.05) is 64.8 Å². The summed E-state index contributed by atoms with van der Waals surface area (Å²) < 4.78 is 10.4. The van der Waals surface area contributed by atoms with E-state index in [1.165, 1.54) is 26.4 Å².